The van der Waals surface area contributed by atoms with Crippen LogP contribution in [0.1, 0.15) is 10.4 Å². The minimum Gasteiger partial charge on any atom is -0.493 e. The highest BCUT2D eigenvalue weighted by atomic mass is 19.1. The molecule has 0 radical (unpaired) electrons. The van der Waals surface area contributed by atoms with Crippen LogP contribution in [0.15, 0.2) is 41.5 Å². The quantitative estimate of drug-likeness (QED) is 0.643. The molecule has 0 unspecified atom stereocenters. The Balaban J connectivity index is 1.94. The Morgan fingerprint density at radius 1 is 1.13 bits per heavy atom. The summed E-state index contributed by atoms with van der Waals surface area (Å²) in [6.45, 7) is -0.387. The van der Waals surface area contributed by atoms with Crippen molar-refractivity contribution in [3.63, 3.8) is 0 Å². The molecule has 0 spiro atoms. The number of methoxy groups -OCH3 is 2. The van der Waals surface area contributed by atoms with Gasteiger partial charge in [-0.2, -0.15) is 0 Å². The number of aromatic nitrogens is 2. The van der Waals surface area contributed by atoms with E-state index in [2.05, 4.69) is 10.3 Å². The van der Waals surface area contributed by atoms with Gasteiger partial charge in [0.05, 0.1) is 42.7 Å². The van der Waals surface area contributed by atoms with Crippen molar-refractivity contribution in [2.75, 3.05) is 33.6 Å². The van der Waals surface area contributed by atoms with Gasteiger partial charge in [-0.25, -0.2) is 9.37 Å². The lowest BCUT2D eigenvalue weighted by molar-refractivity contribution is -0.116. The summed E-state index contributed by atoms with van der Waals surface area (Å²) in [6.07, 6.45) is 1.21. The average molecular weight is 428 g/mol. The fourth-order valence-corrected chi connectivity index (χ4v) is 2.99. The second kappa shape index (κ2) is 8.82. The first-order chi connectivity index (χ1) is 14.7. The summed E-state index contributed by atoms with van der Waals surface area (Å²) in [7, 11) is 6.01. The van der Waals surface area contributed by atoms with Crippen molar-refractivity contribution in [3.8, 4) is 11.5 Å². The molecule has 0 bridgehead atoms. The summed E-state index contributed by atoms with van der Waals surface area (Å²) in [5.41, 5.74) is 0.134. The molecular formula is C21H21FN4O5. The number of carbonyl (C=O) groups is 2. The lowest BCUT2D eigenvalue weighted by Crippen LogP contribution is -2.29. The van der Waals surface area contributed by atoms with Crippen LogP contribution in [0, 0.1) is 5.82 Å². The van der Waals surface area contributed by atoms with E-state index in [1.54, 1.807) is 14.1 Å². The van der Waals surface area contributed by atoms with E-state index in [-0.39, 0.29) is 29.1 Å². The SMILES string of the molecule is COc1cc(NC(=O)Cn2cnc3ccc(F)cc3c2=O)c(C(=O)N(C)C)cc1OC. The summed E-state index contributed by atoms with van der Waals surface area (Å²) in [5, 5.41) is 2.68. The molecule has 1 N–H and O–H groups in total. The Morgan fingerprint density at radius 2 is 1.81 bits per heavy atom. The number of hydrogen-bond donors (Lipinski definition) is 1. The van der Waals surface area contributed by atoms with Crippen molar-refractivity contribution in [1.29, 1.82) is 0 Å². The van der Waals surface area contributed by atoms with Gasteiger partial charge < -0.3 is 19.7 Å². The van der Waals surface area contributed by atoms with E-state index < -0.39 is 17.3 Å². The molecule has 0 saturated carbocycles. The molecule has 1 heterocycles. The van der Waals surface area contributed by atoms with Crippen molar-refractivity contribution in [3.05, 3.63) is 58.4 Å². The van der Waals surface area contributed by atoms with Gasteiger partial charge in [-0.3, -0.25) is 19.0 Å². The minimum absolute atomic E-state index is 0.0601. The number of rotatable bonds is 6. The zero-order valence-corrected chi connectivity index (χ0v) is 17.4. The van der Waals surface area contributed by atoms with E-state index in [9.17, 15) is 18.8 Å². The summed E-state index contributed by atoms with van der Waals surface area (Å²) in [4.78, 5) is 43.3. The second-order valence-electron chi connectivity index (χ2n) is 6.84. The molecular weight excluding hydrogens is 407 g/mol. The highest BCUT2D eigenvalue weighted by Crippen LogP contribution is 2.34. The number of carbonyl (C=O) groups excluding carboxylic acids is 2. The van der Waals surface area contributed by atoms with Crippen LogP contribution in [-0.4, -0.2) is 54.6 Å². The average Bonchev–Trinajstić information content (AvgIpc) is 2.75. The number of amides is 2. The van der Waals surface area contributed by atoms with Crippen LogP contribution >= 0.6 is 0 Å². The number of nitrogens with one attached hydrogen (secondary N) is 1. The molecule has 2 amide bonds. The molecule has 0 aliphatic rings. The number of benzene rings is 2. The van der Waals surface area contributed by atoms with E-state index in [0.29, 0.717) is 17.0 Å². The summed E-state index contributed by atoms with van der Waals surface area (Å²) < 4.78 is 25.0. The third kappa shape index (κ3) is 4.47. The highest BCUT2D eigenvalue weighted by molar-refractivity contribution is 6.04. The van der Waals surface area contributed by atoms with Crippen LogP contribution in [0.2, 0.25) is 0 Å². The molecule has 3 aromatic rings. The Hall–Kier alpha value is -3.95. The first kappa shape index (κ1) is 21.8. The van der Waals surface area contributed by atoms with Crippen molar-refractivity contribution in [2.45, 2.75) is 6.54 Å². The van der Waals surface area contributed by atoms with E-state index in [1.165, 1.54) is 49.7 Å². The van der Waals surface area contributed by atoms with Gasteiger partial charge in [-0.1, -0.05) is 0 Å². The van der Waals surface area contributed by atoms with E-state index in [1.807, 2.05) is 0 Å². The van der Waals surface area contributed by atoms with Crippen LogP contribution in [-0.2, 0) is 11.3 Å². The molecule has 9 nitrogen and oxygen atoms in total. The molecule has 0 aliphatic heterocycles. The second-order valence-corrected chi connectivity index (χ2v) is 6.84. The number of ether oxygens (including phenoxy) is 2. The lowest BCUT2D eigenvalue weighted by atomic mass is 10.1. The highest BCUT2D eigenvalue weighted by Gasteiger charge is 2.20. The largest absolute Gasteiger partial charge is 0.493 e. The Bertz CT molecular complexity index is 1220. The van der Waals surface area contributed by atoms with E-state index in [0.717, 1.165) is 10.6 Å². The van der Waals surface area contributed by atoms with Gasteiger partial charge >= 0.3 is 0 Å². The zero-order valence-electron chi connectivity index (χ0n) is 17.4. The van der Waals surface area contributed by atoms with E-state index in [4.69, 9.17) is 9.47 Å². The Kier molecular flexibility index (Phi) is 6.19. The Labute approximate surface area is 177 Å². The summed E-state index contributed by atoms with van der Waals surface area (Å²) >= 11 is 0. The van der Waals surface area contributed by atoms with Gasteiger partial charge in [0.1, 0.15) is 12.4 Å². The third-order valence-corrected chi connectivity index (χ3v) is 4.53. The number of hydrogen-bond acceptors (Lipinski definition) is 6. The molecule has 1 aromatic heterocycles. The van der Waals surface area contributed by atoms with Gasteiger partial charge in [0.2, 0.25) is 5.91 Å². The summed E-state index contributed by atoms with van der Waals surface area (Å²) in [5.74, 6) is -0.891. The maximum absolute atomic E-state index is 13.5. The maximum Gasteiger partial charge on any atom is 0.261 e. The van der Waals surface area contributed by atoms with Crippen molar-refractivity contribution >= 4 is 28.4 Å². The third-order valence-electron chi connectivity index (χ3n) is 4.53. The van der Waals surface area contributed by atoms with Crippen LogP contribution in [0.5, 0.6) is 11.5 Å². The molecule has 0 aliphatic carbocycles. The van der Waals surface area contributed by atoms with Gasteiger partial charge in [0, 0.05) is 20.2 Å². The molecule has 0 fully saturated rings. The maximum atomic E-state index is 13.5. The van der Waals surface area contributed by atoms with Gasteiger partial charge in [0.15, 0.2) is 11.5 Å². The first-order valence-corrected chi connectivity index (χ1v) is 9.17. The normalized spacial score (nSPS) is 10.6. The van der Waals surface area contributed by atoms with Crippen LogP contribution < -0.4 is 20.3 Å². The lowest BCUT2D eigenvalue weighted by Gasteiger charge is -2.18. The standard InChI is InChI=1S/C21H21FN4O5/c1-25(2)20(28)14-8-17(30-3)18(31-4)9-16(14)24-19(27)10-26-11-23-15-6-5-12(22)7-13(15)21(26)29/h5-9,11H,10H2,1-4H3,(H,24,27). The molecule has 31 heavy (non-hydrogen) atoms. The van der Waals surface area contributed by atoms with Crippen molar-refractivity contribution in [2.24, 2.45) is 0 Å². The van der Waals surface area contributed by atoms with Gasteiger partial charge in [0.25, 0.3) is 11.5 Å². The van der Waals surface area contributed by atoms with Crippen LogP contribution in [0.4, 0.5) is 10.1 Å². The summed E-state index contributed by atoms with van der Waals surface area (Å²) in [6, 6.07) is 6.58. The predicted octanol–water partition coefficient (Wildman–Crippen LogP) is 1.89. The molecule has 0 saturated heterocycles. The number of fused-ring (bicyclic) bond motifs is 1. The fourth-order valence-electron chi connectivity index (χ4n) is 2.99. The monoisotopic (exact) mass is 428 g/mol. The number of nitrogens with zero attached hydrogens (tertiary/aromatic N) is 3. The first-order valence-electron chi connectivity index (χ1n) is 9.17. The van der Waals surface area contributed by atoms with Crippen molar-refractivity contribution in [1.82, 2.24) is 14.5 Å². The van der Waals surface area contributed by atoms with Crippen molar-refractivity contribution < 1.29 is 23.5 Å². The molecule has 0 atom stereocenters. The topological polar surface area (TPSA) is 103 Å². The fraction of sp³-hybridized carbons (Fsp3) is 0.238. The van der Waals surface area contributed by atoms with Gasteiger partial charge in [-0.15, -0.1) is 0 Å². The van der Waals surface area contributed by atoms with Crippen LogP contribution in [0.25, 0.3) is 10.9 Å². The zero-order chi connectivity index (χ0) is 22.7. The smallest absolute Gasteiger partial charge is 0.261 e. The molecule has 162 valence electrons. The Morgan fingerprint density at radius 3 is 2.45 bits per heavy atom. The predicted molar refractivity (Wildman–Crippen MR) is 112 cm³/mol. The van der Waals surface area contributed by atoms with Gasteiger partial charge in [-0.05, 0) is 24.3 Å². The number of anilines is 1. The van der Waals surface area contributed by atoms with Crippen LogP contribution in [0.3, 0.4) is 0 Å². The molecule has 10 heteroatoms. The number of halogens is 1. The molecule has 2 aromatic carbocycles. The molecule has 3 rings (SSSR count). The van der Waals surface area contributed by atoms with E-state index >= 15 is 0 Å². The minimum atomic E-state index is -0.584.